The molecule has 0 bridgehead atoms. The van der Waals surface area contributed by atoms with Crippen molar-refractivity contribution in [1.29, 1.82) is 0 Å². The molecule has 1 aliphatic heterocycles. The van der Waals surface area contributed by atoms with Gasteiger partial charge in [0.25, 0.3) is 0 Å². The van der Waals surface area contributed by atoms with Crippen LogP contribution >= 0.6 is 0 Å². The maximum atomic E-state index is 9.51. The number of hydrogen-bond donors (Lipinski definition) is 4. The second-order valence-electron chi connectivity index (χ2n) is 3.60. The normalized spacial score (nSPS) is 43.6. The predicted molar refractivity (Wildman–Crippen MR) is 48.6 cm³/mol. The van der Waals surface area contributed by atoms with E-state index in [1.165, 1.54) is 0 Å². The molecule has 5 nitrogen and oxygen atoms in total. The molecule has 0 amide bonds. The summed E-state index contributed by atoms with van der Waals surface area (Å²) in [6, 6.07) is 0. The molecule has 5 heteroatoms. The van der Waals surface area contributed by atoms with Gasteiger partial charge in [-0.15, -0.1) is 0 Å². The standard InChI is InChI=1S/C9H16O5/c1-4(2)9-8(13)7(12)6(11)5(3-10)14-9/h5-13H,1,3H2,2H3/t5-,6-,7+,8-,9+/m1/s1. The Morgan fingerprint density at radius 1 is 1.21 bits per heavy atom. The van der Waals surface area contributed by atoms with Crippen molar-refractivity contribution in [3.05, 3.63) is 12.2 Å². The maximum Gasteiger partial charge on any atom is 0.112 e. The van der Waals surface area contributed by atoms with Crippen molar-refractivity contribution in [2.75, 3.05) is 6.61 Å². The van der Waals surface area contributed by atoms with Gasteiger partial charge in [-0.1, -0.05) is 6.58 Å². The molecule has 0 aliphatic carbocycles. The van der Waals surface area contributed by atoms with E-state index >= 15 is 0 Å². The van der Waals surface area contributed by atoms with Crippen LogP contribution in [0.25, 0.3) is 0 Å². The highest BCUT2D eigenvalue weighted by atomic mass is 16.5. The van der Waals surface area contributed by atoms with Gasteiger partial charge in [0.15, 0.2) is 0 Å². The minimum Gasteiger partial charge on any atom is -0.394 e. The van der Waals surface area contributed by atoms with Crippen molar-refractivity contribution in [3.63, 3.8) is 0 Å². The highest BCUT2D eigenvalue weighted by Crippen LogP contribution is 2.24. The lowest BCUT2D eigenvalue weighted by molar-refractivity contribution is -0.219. The van der Waals surface area contributed by atoms with Crippen LogP contribution < -0.4 is 0 Å². The Hall–Kier alpha value is -0.460. The monoisotopic (exact) mass is 204 g/mol. The third kappa shape index (κ3) is 1.97. The summed E-state index contributed by atoms with van der Waals surface area (Å²) < 4.78 is 5.18. The van der Waals surface area contributed by atoms with E-state index in [1.807, 2.05) is 0 Å². The Labute approximate surface area is 82.3 Å². The minimum atomic E-state index is -1.32. The Morgan fingerprint density at radius 2 is 1.79 bits per heavy atom. The number of hydrogen-bond acceptors (Lipinski definition) is 5. The summed E-state index contributed by atoms with van der Waals surface area (Å²) in [5.74, 6) is 0. The van der Waals surface area contributed by atoms with Crippen LogP contribution in [0.3, 0.4) is 0 Å². The van der Waals surface area contributed by atoms with E-state index in [9.17, 15) is 15.3 Å². The van der Waals surface area contributed by atoms with Crippen LogP contribution in [0.1, 0.15) is 6.92 Å². The van der Waals surface area contributed by atoms with Gasteiger partial charge < -0.3 is 25.2 Å². The fourth-order valence-electron chi connectivity index (χ4n) is 1.51. The molecule has 14 heavy (non-hydrogen) atoms. The highest BCUT2D eigenvalue weighted by Gasteiger charge is 2.43. The van der Waals surface area contributed by atoms with Gasteiger partial charge in [-0.3, -0.25) is 0 Å². The summed E-state index contributed by atoms with van der Waals surface area (Å²) in [6.45, 7) is 4.84. The second-order valence-corrected chi connectivity index (χ2v) is 3.60. The zero-order valence-corrected chi connectivity index (χ0v) is 8.00. The first kappa shape index (κ1) is 11.6. The van der Waals surface area contributed by atoms with Crippen molar-refractivity contribution >= 4 is 0 Å². The first-order valence-corrected chi connectivity index (χ1v) is 4.45. The van der Waals surface area contributed by atoms with Crippen LogP contribution in [0.15, 0.2) is 12.2 Å². The molecular weight excluding hydrogens is 188 g/mol. The van der Waals surface area contributed by atoms with E-state index < -0.39 is 37.1 Å². The minimum absolute atomic E-state index is 0.408. The Balaban J connectivity index is 2.78. The first-order valence-electron chi connectivity index (χ1n) is 4.45. The van der Waals surface area contributed by atoms with E-state index in [0.29, 0.717) is 5.57 Å². The quantitative estimate of drug-likeness (QED) is 0.407. The van der Waals surface area contributed by atoms with E-state index in [4.69, 9.17) is 9.84 Å². The molecule has 0 saturated carbocycles. The van der Waals surface area contributed by atoms with Crippen LogP contribution in [0.4, 0.5) is 0 Å². The molecule has 4 N–H and O–H groups in total. The smallest absolute Gasteiger partial charge is 0.112 e. The molecule has 1 fully saturated rings. The zero-order chi connectivity index (χ0) is 10.9. The largest absolute Gasteiger partial charge is 0.394 e. The Morgan fingerprint density at radius 3 is 2.21 bits per heavy atom. The van der Waals surface area contributed by atoms with Gasteiger partial charge in [0.2, 0.25) is 0 Å². The summed E-state index contributed by atoms with van der Waals surface area (Å²) in [7, 11) is 0. The zero-order valence-electron chi connectivity index (χ0n) is 8.00. The molecule has 0 unspecified atom stereocenters. The van der Waals surface area contributed by atoms with E-state index in [-0.39, 0.29) is 0 Å². The van der Waals surface area contributed by atoms with Gasteiger partial charge in [0.1, 0.15) is 30.5 Å². The topological polar surface area (TPSA) is 90.2 Å². The lowest BCUT2D eigenvalue weighted by Gasteiger charge is -2.40. The van der Waals surface area contributed by atoms with E-state index in [2.05, 4.69) is 6.58 Å². The van der Waals surface area contributed by atoms with Crippen molar-refractivity contribution in [2.45, 2.75) is 37.4 Å². The lowest BCUT2D eigenvalue weighted by atomic mass is 9.92. The molecular formula is C9H16O5. The molecule has 1 heterocycles. The predicted octanol–water partition coefficient (Wildman–Crippen LogP) is -1.60. The fourth-order valence-corrected chi connectivity index (χ4v) is 1.51. The Kier molecular flexibility index (Phi) is 3.63. The average Bonchev–Trinajstić information content (AvgIpc) is 2.14. The molecule has 5 atom stereocenters. The van der Waals surface area contributed by atoms with Crippen molar-refractivity contribution in [1.82, 2.24) is 0 Å². The van der Waals surface area contributed by atoms with E-state index in [1.54, 1.807) is 6.92 Å². The number of aliphatic hydroxyl groups is 4. The lowest BCUT2D eigenvalue weighted by Crippen LogP contribution is -2.58. The molecule has 0 aromatic carbocycles. The molecule has 0 aromatic heterocycles. The number of ether oxygens (including phenoxy) is 1. The third-order valence-corrected chi connectivity index (χ3v) is 2.38. The molecule has 0 aromatic rings. The second kappa shape index (κ2) is 4.37. The van der Waals surface area contributed by atoms with E-state index in [0.717, 1.165) is 0 Å². The van der Waals surface area contributed by atoms with Crippen LogP contribution in [0.2, 0.25) is 0 Å². The Bertz CT molecular complexity index is 215. The first-order chi connectivity index (χ1) is 6.49. The van der Waals surface area contributed by atoms with Gasteiger partial charge in [0.05, 0.1) is 6.61 Å². The van der Waals surface area contributed by atoms with Gasteiger partial charge in [-0.2, -0.15) is 0 Å². The molecule has 0 spiro atoms. The molecule has 1 rings (SSSR count). The third-order valence-electron chi connectivity index (χ3n) is 2.38. The van der Waals surface area contributed by atoms with Crippen LogP contribution in [0, 0.1) is 0 Å². The molecule has 1 aliphatic rings. The van der Waals surface area contributed by atoms with Crippen LogP contribution in [0.5, 0.6) is 0 Å². The molecule has 82 valence electrons. The van der Waals surface area contributed by atoms with Gasteiger partial charge >= 0.3 is 0 Å². The maximum absolute atomic E-state index is 9.51. The number of rotatable bonds is 2. The summed E-state index contributed by atoms with van der Waals surface area (Å²) in [5.41, 5.74) is 0.543. The van der Waals surface area contributed by atoms with Crippen molar-refractivity contribution < 1.29 is 25.2 Å². The summed E-state index contributed by atoms with van der Waals surface area (Å²) >= 11 is 0. The molecule has 0 radical (unpaired) electrons. The SMILES string of the molecule is C=C(C)[C@@H]1O[C@H](CO)[C@@H](O)[C@H](O)[C@H]1O. The van der Waals surface area contributed by atoms with Gasteiger partial charge in [0, 0.05) is 0 Å². The highest BCUT2D eigenvalue weighted by molar-refractivity contribution is 5.07. The van der Waals surface area contributed by atoms with Crippen molar-refractivity contribution in [2.24, 2.45) is 0 Å². The summed E-state index contributed by atoms with van der Waals surface area (Å²) in [5, 5.41) is 37.2. The van der Waals surface area contributed by atoms with Crippen LogP contribution in [-0.4, -0.2) is 57.6 Å². The van der Waals surface area contributed by atoms with Crippen molar-refractivity contribution in [3.8, 4) is 0 Å². The average molecular weight is 204 g/mol. The van der Waals surface area contributed by atoms with Crippen LogP contribution in [-0.2, 0) is 4.74 Å². The number of aliphatic hydroxyl groups excluding tert-OH is 4. The fraction of sp³-hybridized carbons (Fsp3) is 0.778. The van der Waals surface area contributed by atoms with Gasteiger partial charge in [-0.25, -0.2) is 0 Å². The molecule has 1 saturated heterocycles. The summed E-state index contributed by atoms with van der Waals surface area (Å²) in [4.78, 5) is 0. The summed E-state index contributed by atoms with van der Waals surface area (Å²) in [6.07, 6.45) is -5.42. The van der Waals surface area contributed by atoms with Gasteiger partial charge in [-0.05, 0) is 12.5 Å².